The van der Waals surface area contributed by atoms with Crippen LogP contribution in [0.25, 0.3) is 0 Å². The summed E-state index contributed by atoms with van der Waals surface area (Å²) in [5, 5.41) is 2.05. The number of nitrogens with zero attached hydrogens (tertiary/aromatic N) is 2. The maximum atomic E-state index is 12.5. The number of piperidine rings is 2. The van der Waals surface area contributed by atoms with E-state index < -0.39 is 0 Å². The van der Waals surface area contributed by atoms with Crippen LogP contribution < -0.4 is 5.43 Å². The molecule has 2 amide bonds. The standard InChI is InChI=1S/C18H24BrN3O2/c19-16-6-4-5-15(13-16)18(24)21-11-7-14(8-12-21)17(23)20-22-9-2-1-3-10-22/h4-6,13-14H,1-3,7-12H2,(H,20,23). The predicted molar refractivity (Wildman–Crippen MR) is 96.3 cm³/mol. The highest BCUT2D eigenvalue weighted by Crippen LogP contribution is 2.21. The minimum atomic E-state index is 0.0125. The van der Waals surface area contributed by atoms with Crippen molar-refractivity contribution >= 4 is 27.7 Å². The molecule has 2 fully saturated rings. The maximum Gasteiger partial charge on any atom is 0.253 e. The molecule has 6 heteroatoms. The second-order valence-electron chi connectivity index (χ2n) is 6.60. The van der Waals surface area contributed by atoms with E-state index in [1.54, 1.807) is 0 Å². The molecule has 0 bridgehead atoms. The van der Waals surface area contributed by atoms with Gasteiger partial charge < -0.3 is 4.90 Å². The number of nitrogens with one attached hydrogen (secondary N) is 1. The Morgan fingerprint density at radius 2 is 1.75 bits per heavy atom. The Hall–Kier alpha value is -1.40. The fourth-order valence-corrected chi connectivity index (χ4v) is 3.80. The van der Waals surface area contributed by atoms with Gasteiger partial charge in [-0.1, -0.05) is 28.4 Å². The van der Waals surface area contributed by atoms with Crippen molar-refractivity contribution in [3.05, 3.63) is 34.3 Å². The van der Waals surface area contributed by atoms with Gasteiger partial charge in [-0.3, -0.25) is 15.0 Å². The van der Waals surface area contributed by atoms with Crippen LogP contribution >= 0.6 is 15.9 Å². The summed E-state index contributed by atoms with van der Waals surface area (Å²) < 4.78 is 0.907. The third-order valence-electron chi connectivity index (χ3n) is 4.85. The SMILES string of the molecule is O=C(NN1CCCCC1)C1CCN(C(=O)c2cccc(Br)c2)CC1. The van der Waals surface area contributed by atoms with Gasteiger partial charge >= 0.3 is 0 Å². The highest BCUT2D eigenvalue weighted by atomic mass is 79.9. The molecular weight excluding hydrogens is 370 g/mol. The molecule has 2 saturated heterocycles. The molecule has 1 N–H and O–H groups in total. The Balaban J connectivity index is 1.50. The number of carbonyl (C=O) groups is 2. The van der Waals surface area contributed by atoms with E-state index in [0.29, 0.717) is 18.7 Å². The van der Waals surface area contributed by atoms with E-state index in [-0.39, 0.29) is 17.7 Å². The topological polar surface area (TPSA) is 52.7 Å². The number of hydrogen-bond acceptors (Lipinski definition) is 3. The number of hydrogen-bond donors (Lipinski definition) is 1. The van der Waals surface area contributed by atoms with Gasteiger partial charge in [-0.25, -0.2) is 5.01 Å². The maximum absolute atomic E-state index is 12.5. The molecule has 0 radical (unpaired) electrons. The molecule has 2 aliphatic rings. The first-order valence-corrected chi connectivity index (χ1v) is 9.53. The Kier molecular flexibility index (Phi) is 5.89. The van der Waals surface area contributed by atoms with Crippen molar-refractivity contribution in [2.75, 3.05) is 26.2 Å². The second kappa shape index (κ2) is 8.12. The molecule has 1 aromatic rings. The molecule has 0 aromatic heterocycles. The van der Waals surface area contributed by atoms with Crippen LogP contribution in [0.1, 0.15) is 42.5 Å². The summed E-state index contributed by atoms with van der Waals surface area (Å²) in [6.45, 7) is 3.19. The average molecular weight is 394 g/mol. The van der Waals surface area contributed by atoms with Crippen LogP contribution in [0.3, 0.4) is 0 Å². The number of benzene rings is 1. The highest BCUT2D eigenvalue weighted by Gasteiger charge is 2.28. The lowest BCUT2D eigenvalue weighted by molar-refractivity contribution is -0.131. The van der Waals surface area contributed by atoms with Gasteiger partial charge in [0.05, 0.1) is 0 Å². The highest BCUT2D eigenvalue weighted by molar-refractivity contribution is 9.10. The van der Waals surface area contributed by atoms with Crippen LogP contribution in [0.2, 0.25) is 0 Å². The molecule has 130 valence electrons. The van der Waals surface area contributed by atoms with Gasteiger partial charge in [0.1, 0.15) is 0 Å². The zero-order valence-electron chi connectivity index (χ0n) is 13.8. The predicted octanol–water partition coefficient (Wildman–Crippen LogP) is 2.82. The molecule has 0 spiro atoms. The molecule has 1 aromatic carbocycles. The summed E-state index contributed by atoms with van der Waals surface area (Å²) >= 11 is 3.40. The summed E-state index contributed by atoms with van der Waals surface area (Å²) in [6.07, 6.45) is 5.03. The molecular formula is C18H24BrN3O2. The number of amides is 2. The first-order chi connectivity index (χ1) is 11.6. The van der Waals surface area contributed by atoms with E-state index in [2.05, 4.69) is 21.4 Å². The molecule has 5 nitrogen and oxygen atoms in total. The second-order valence-corrected chi connectivity index (χ2v) is 7.52. The number of likely N-dealkylation sites (tertiary alicyclic amines) is 1. The monoisotopic (exact) mass is 393 g/mol. The lowest BCUT2D eigenvalue weighted by Gasteiger charge is -2.33. The van der Waals surface area contributed by atoms with E-state index in [9.17, 15) is 9.59 Å². The van der Waals surface area contributed by atoms with Crippen molar-refractivity contribution in [3.8, 4) is 0 Å². The third kappa shape index (κ3) is 4.36. The van der Waals surface area contributed by atoms with Gasteiger partial charge in [-0.2, -0.15) is 0 Å². The molecule has 2 aliphatic heterocycles. The lowest BCUT2D eigenvalue weighted by Crippen LogP contribution is -2.49. The van der Waals surface area contributed by atoms with Crippen LogP contribution in [-0.2, 0) is 4.79 Å². The largest absolute Gasteiger partial charge is 0.339 e. The Morgan fingerprint density at radius 1 is 1.04 bits per heavy atom. The fraction of sp³-hybridized carbons (Fsp3) is 0.556. The first-order valence-electron chi connectivity index (χ1n) is 8.74. The van der Waals surface area contributed by atoms with E-state index in [0.717, 1.165) is 43.2 Å². The Bertz CT molecular complexity index is 594. The van der Waals surface area contributed by atoms with Crippen molar-refractivity contribution in [1.29, 1.82) is 0 Å². The third-order valence-corrected chi connectivity index (χ3v) is 5.34. The van der Waals surface area contributed by atoms with E-state index in [4.69, 9.17) is 0 Å². The number of halogens is 1. The van der Waals surface area contributed by atoms with E-state index >= 15 is 0 Å². The summed E-state index contributed by atoms with van der Waals surface area (Å²) in [4.78, 5) is 26.8. The molecule has 0 saturated carbocycles. The smallest absolute Gasteiger partial charge is 0.253 e. The van der Waals surface area contributed by atoms with Crippen LogP contribution in [-0.4, -0.2) is 47.9 Å². The van der Waals surface area contributed by atoms with Crippen molar-refractivity contribution < 1.29 is 9.59 Å². The van der Waals surface area contributed by atoms with Crippen molar-refractivity contribution in [2.45, 2.75) is 32.1 Å². The molecule has 0 atom stereocenters. The van der Waals surface area contributed by atoms with Crippen LogP contribution in [0, 0.1) is 5.92 Å². The van der Waals surface area contributed by atoms with Crippen LogP contribution in [0.15, 0.2) is 28.7 Å². The summed E-state index contributed by atoms with van der Waals surface area (Å²) in [5.41, 5.74) is 3.75. The zero-order chi connectivity index (χ0) is 16.9. The van der Waals surface area contributed by atoms with Gasteiger partial charge in [-0.15, -0.1) is 0 Å². The van der Waals surface area contributed by atoms with Crippen molar-refractivity contribution in [3.63, 3.8) is 0 Å². The van der Waals surface area contributed by atoms with Gasteiger partial charge in [0, 0.05) is 42.1 Å². The van der Waals surface area contributed by atoms with Crippen molar-refractivity contribution in [2.24, 2.45) is 5.92 Å². The molecule has 0 aliphatic carbocycles. The Labute approximate surface area is 151 Å². The zero-order valence-corrected chi connectivity index (χ0v) is 15.4. The van der Waals surface area contributed by atoms with Crippen molar-refractivity contribution in [1.82, 2.24) is 15.3 Å². The van der Waals surface area contributed by atoms with E-state index in [1.807, 2.05) is 34.2 Å². The molecule has 0 unspecified atom stereocenters. The number of hydrazine groups is 1. The minimum absolute atomic E-state index is 0.0125. The van der Waals surface area contributed by atoms with E-state index in [1.165, 1.54) is 6.42 Å². The Morgan fingerprint density at radius 3 is 2.42 bits per heavy atom. The number of carbonyl (C=O) groups excluding carboxylic acids is 2. The minimum Gasteiger partial charge on any atom is -0.339 e. The van der Waals surface area contributed by atoms with Gasteiger partial charge in [0.15, 0.2) is 0 Å². The summed E-state index contributed by atoms with van der Waals surface area (Å²) in [5.74, 6) is 0.177. The van der Waals surface area contributed by atoms with Crippen LogP contribution in [0.5, 0.6) is 0 Å². The quantitative estimate of drug-likeness (QED) is 0.858. The molecule has 2 heterocycles. The van der Waals surface area contributed by atoms with Gasteiger partial charge in [0.25, 0.3) is 5.91 Å². The fourth-order valence-electron chi connectivity index (χ4n) is 3.40. The lowest BCUT2D eigenvalue weighted by atomic mass is 9.95. The molecule has 3 rings (SSSR count). The molecule has 24 heavy (non-hydrogen) atoms. The average Bonchev–Trinajstić information content (AvgIpc) is 2.62. The van der Waals surface area contributed by atoms with Crippen LogP contribution in [0.4, 0.5) is 0 Å². The van der Waals surface area contributed by atoms with Gasteiger partial charge in [0.2, 0.25) is 5.91 Å². The summed E-state index contributed by atoms with van der Waals surface area (Å²) in [6, 6.07) is 7.46. The first kappa shape index (κ1) is 17.4. The summed E-state index contributed by atoms with van der Waals surface area (Å²) in [7, 11) is 0. The van der Waals surface area contributed by atoms with Gasteiger partial charge in [-0.05, 0) is 43.9 Å². The number of rotatable bonds is 3. The normalized spacial score (nSPS) is 20.0.